The van der Waals surface area contributed by atoms with Crippen LogP contribution in [0.2, 0.25) is 0 Å². The fraction of sp³-hybridized carbons (Fsp3) is 0.333. The topological polar surface area (TPSA) is 99.9 Å². The van der Waals surface area contributed by atoms with E-state index in [0.717, 1.165) is 6.42 Å². The number of hydroxylamine groups is 1. The highest BCUT2D eigenvalue weighted by atomic mass is 16.7. The number of nitrogens with one attached hydrogen (secondary N) is 1. The van der Waals surface area contributed by atoms with Gasteiger partial charge in [-0.1, -0.05) is 0 Å². The first-order valence-corrected chi connectivity index (χ1v) is 5.77. The summed E-state index contributed by atoms with van der Waals surface area (Å²) < 4.78 is 10.9. The second-order valence-electron chi connectivity index (χ2n) is 3.90. The summed E-state index contributed by atoms with van der Waals surface area (Å²) in [5.41, 5.74) is 7.33. The van der Waals surface area contributed by atoms with Gasteiger partial charge in [-0.05, 0) is 18.2 Å². The van der Waals surface area contributed by atoms with E-state index in [9.17, 15) is 9.59 Å². The zero-order valence-corrected chi connectivity index (χ0v) is 10.2. The van der Waals surface area contributed by atoms with Gasteiger partial charge in [0.05, 0.1) is 13.2 Å². The lowest BCUT2D eigenvalue weighted by atomic mass is 10.2. The lowest BCUT2D eigenvalue weighted by Gasteiger charge is -2.09. The molecule has 0 fully saturated rings. The summed E-state index contributed by atoms with van der Waals surface area (Å²) >= 11 is 0. The number of hydrogen-bond donors (Lipinski definition) is 2. The van der Waals surface area contributed by atoms with Gasteiger partial charge in [0.2, 0.25) is 5.91 Å². The second-order valence-corrected chi connectivity index (χ2v) is 3.90. The van der Waals surface area contributed by atoms with Gasteiger partial charge in [0, 0.05) is 12.0 Å². The molecule has 2 amide bonds. The van der Waals surface area contributed by atoms with Crippen LogP contribution in [0.1, 0.15) is 16.8 Å². The zero-order valence-electron chi connectivity index (χ0n) is 10.2. The highest BCUT2D eigenvalue weighted by molar-refractivity contribution is 5.94. The fourth-order valence-electron chi connectivity index (χ4n) is 1.54. The predicted octanol–water partition coefficient (Wildman–Crippen LogP) is -0.00540. The van der Waals surface area contributed by atoms with Crippen LogP contribution in [0.5, 0.6) is 11.5 Å². The van der Waals surface area contributed by atoms with Crippen molar-refractivity contribution >= 4 is 11.8 Å². The molecule has 0 bridgehead atoms. The Kier molecular flexibility index (Phi) is 4.19. The molecule has 0 unspecified atom stereocenters. The molecule has 2 rings (SSSR count). The van der Waals surface area contributed by atoms with Crippen LogP contribution < -0.4 is 20.7 Å². The highest BCUT2D eigenvalue weighted by Gasteiger charge is 2.14. The van der Waals surface area contributed by atoms with E-state index in [0.29, 0.717) is 30.3 Å². The van der Waals surface area contributed by atoms with E-state index >= 15 is 0 Å². The third kappa shape index (κ3) is 3.59. The standard InChI is InChI=1S/C12H14N2O5/c13-11(15)7-19-14-12(16)8-2-3-9-10(6-8)18-5-1-4-17-9/h2-3,6H,1,4-5,7H2,(H2,13,15)(H,14,16). The molecule has 3 N–H and O–H groups in total. The molecule has 1 aromatic carbocycles. The van der Waals surface area contributed by atoms with Crippen molar-refractivity contribution in [2.45, 2.75) is 6.42 Å². The molecule has 0 radical (unpaired) electrons. The molecule has 0 aliphatic carbocycles. The van der Waals surface area contributed by atoms with E-state index in [1.807, 2.05) is 0 Å². The summed E-state index contributed by atoms with van der Waals surface area (Å²) in [5, 5.41) is 0. The monoisotopic (exact) mass is 266 g/mol. The Balaban J connectivity index is 2.02. The molecule has 1 aliphatic heterocycles. The van der Waals surface area contributed by atoms with Gasteiger partial charge in [-0.25, -0.2) is 5.48 Å². The molecule has 0 spiro atoms. The Bertz CT molecular complexity index is 489. The average molecular weight is 266 g/mol. The molecule has 0 aromatic heterocycles. The number of primary amides is 1. The van der Waals surface area contributed by atoms with Crippen LogP contribution in [0.4, 0.5) is 0 Å². The van der Waals surface area contributed by atoms with E-state index in [4.69, 9.17) is 15.2 Å². The molecule has 1 heterocycles. The molecule has 102 valence electrons. The first-order valence-electron chi connectivity index (χ1n) is 5.77. The molecule has 7 heteroatoms. The molecule has 0 atom stereocenters. The summed E-state index contributed by atoms with van der Waals surface area (Å²) in [7, 11) is 0. The quantitative estimate of drug-likeness (QED) is 0.747. The first-order chi connectivity index (χ1) is 9.16. The smallest absolute Gasteiger partial charge is 0.274 e. The van der Waals surface area contributed by atoms with E-state index in [2.05, 4.69) is 10.3 Å². The van der Waals surface area contributed by atoms with Gasteiger partial charge in [0.15, 0.2) is 18.1 Å². The lowest BCUT2D eigenvalue weighted by Crippen LogP contribution is -2.29. The van der Waals surface area contributed by atoms with Crippen molar-refractivity contribution in [3.05, 3.63) is 23.8 Å². The Labute approximate surface area is 109 Å². The van der Waals surface area contributed by atoms with Crippen LogP contribution in [0.3, 0.4) is 0 Å². The SMILES string of the molecule is NC(=O)CONC(=O)c1ccc2c(c1)OCCCO2. The van der Waals surface area contributed by atoms with Crippen LogP contribution >= 0.6 is 0 Å². The number of benzene rings is 1. The van der Waals surface area contributed by atoms with Crippen LogP contribution in [0.15, 0.2) is 18.2 Å². The number of rotatable bonds is 4. The van der Waals surface area contributed by atoms with Crippen molar-refractivity contribution in [1.29, 1.82) is 0 Å². The van der Waals surface area contributed by atoms with E-state index in [1.54, 1.807) is 18.2 Å². The summed E-state index contributed by atoms with van der Waals surface area (Å²) in [5.74, 6) is -0.0389. The van der Waals surface area contributed by atoms with Gasteiger partial charge in [-0.3, -0.25) is 14.4 Å². The normalized spacial score (nSPS) is 13.5. The summed E-state index contributed by atoms with van der Waals surface area (Å²) in [6.07, 6.45) is 0.790. The lowest BCUT2D eigenvalue weighted by molar-refractivity contribution is -0.124. The fourth-order valence-corrected chi connectivity index (χ4v) is 1.54. The third-order valence-electron chi connectivity index (χ3n) is 2.39. The van der Waals surface area contributed by atoms with Gasteiger partial charge >= 0.3 is 0 Å². The van der Waals surface area contributed by atoms with Gasteiger partial charge in [0.1, 0.15) is 0 Å². The van der Waals surface area contributed by atoms with Crippen molar-refractivity contribution < 1.29 is 23.9 Å². The minimum atomic E-state index is -0.668. The van der Waals surface area contributed by atoms with Crippen molar-refractivity contribution in [2.75, 3.05) is 19.8 Å². The number of hydrogen-bond acceptors (Lipinski definition) is 5. The molecule has 1 aromatic rings. The van der Waals surface area contributed by atoms with E-state index in [-0.39, 0.29) is 6.61 Å². The van der Waals surface area contributed by atoms with Crippen LogP contribution in [0.25, 0.3) is 0 Å². The van der Waals surface area contributed by atoms with Gasteiger partial charge < -0.3 is 15.2 Å². The molecular weight excluding hydrogens is 252 g/mol. The molecule has 0 saturated heterocycles. The number of carbonyl (C=O) groups excluding carboxylic acids is 2. The van der Waals surface area contributed by atoms with Gasteiger partial charge in [-0.2, -0.15) is 0 Å². The number of nitrogens with two attached hydrogens (primary N) is 1. The number of ether oxygens (including phenoxy) is 2. The van der Waals surface area contributed by atoms with E-state index in [1.165, 1.54) is 0 Å². The maximum atomic E-state index is 11.7. The Morgan fingerprint density at radius 2 is 2.00 bits per heavy atom. The maximum Gasteiger partial charge on any atom is 0.274 e. The van der Waals surface area contributed by atoms with Crippen LogP contribution in [-0.4, -0.2) is 31.6 Å². The number of amides is 2. The largest absolute Gasteiger partial charge is 0.490 e. The van der Waals surface area contributed by atoms with Crippen LogP contribution in [-0.2, 0) is 9.63 Å². The highest BCUT2D eigenvalue weighted by Crippen LogP contribution is 2.30. The first kappa shape index (κ1) is 13.2. The van der Waals surface area contributed by atoms with Crippen molar-refractivity contribution in [3.63, 3.8) is 0 Å². The Morgan fingerprint density at radius 3 is 2.74 bits per heavy atom. The van der Waals surface area contributed by atoms with Crippen molar-refractivity contribution in [2.24, 2.45) is 5.73 Å². The van der Waals surface area contributed by atoms with Crippen molar-refractivity contribution in [1.82, 2.24) is 5.48 Å². The van der Waals surface area contributed by atoms with E-state index < -0.39 is 11.8 Å². The summed E-state index contributed by atoms with van der Waals surface area (Å²) in [6, 6.07) is 4.80. The zero-order chi connectivity index (χ0) is 13.7. The van der Waals surface area contributed by atoms with Crippen LogP contribution in [0, 0.1) is 0 Å². The predicted molar refractivity (Wildman–Crippen MR) is 64.7 cm³/mol. The van der Waals surface area contributed by atoms with Gasteiger partial charge in [0.25, 0.3) is 5.91 Å². The Morgan fingerprint density at radius 1 is 1.26 bits per heavy atom. The molecule has 1 aliphatic rings. The Hall–Kier alpha value is -2.28. The van der Waals surface area contributed by atoms with Gasteiger partial charge in [-0.15, -0.1) is 0 Å². The summed E-state index contributed by atoms with van der Waals surface area (Å²) in [6.45, 7) is 0.743. The minimum absolute atomic E-state index is 0.341. The van der Waals surface area contributed by atoms with Crippen molar-refractivity contribution in [3.8, 4) is 11.5 Å². The maximum absolute atomic E-state index is 11.7. The molecular formula is C12H14N2O5. The molecule has 19 heavy (non-hydrogen) atoms. The number of fused-ring (bicyclic) bond motifs is 1. The summed E-state index contributed by atoms with van der Waals surface area (Å²) in [4.78, 5) is 26.8. The third-order valence-corrected chi connectivity index (χ3v) is 2.39. The molecule has 0 saturated carbocycles. The number of carbonyl (C=O) groups is 2. The second kappa shape index (κ2) is 6.05. The average Bonchev–Trinajstić information content (AvgIpc) is 2.62. The minimum Gasteiger partial charge on any atom is -0.490 e. The molecule has 7 nitrogen and oxygen atoms in total.